The first kappa shape index (κ1) is 13.7. The normalized spacial score (nSPS) is 23.5. The largest absolute Gasteiger partial charge is 0.350 e. The van der Waals surface area contributed by atoms with Gasteiger partial charge in [0.2, 0.25) is 5.60 Å². The third-order valence-electron chi connectivity index (χ3n) is 4.35. The molecule has 2 aromatic rings. The molecule has 0 N–H and O–H groups in total. The van der Waals surface area contributed by atoms with E-state index in [1.807, 2.05) is 54.6 Å². The smallest absolute Gasteiger partial charge is 0.268 e. The summed E-state index contributed by atoms with van der Waals surface area (Å²) < 4.78 is 7.01. The predicted molar refractivity (Wildman–Crippen MR) is 89.8 cm³/mol. The zero-order chi connectivity index (χ0) is 15.3. The molecule has 4 rings (SSSR count). The first-order valence-electron chi connectivity index (χ1n) is 7.12. The van der Waals surface area contributed by atoms with E-state index in [1.54, 1.807) is 11.9 Å². The Hall–Kier alpha value is -1.91. The van der Waals surface area contributed by atoms with E-state index >= 15 is 0 Å². The van der Waals surface area contributed by atoms with Crippen LogP contribution in [0.1, 0.15) is 11.1 Å². The SMILES string of the molecule is CN1C(=O)[C@@]2(OCC(Br)=C2c2ccccc2)c2ccccc21. The lowest BCUT2D eigenvalue weighted by Gasteiger charge is -2.26. The monoisotopic (exact) mass is 355 g/mol. The Bertz CT molecular complexity index is 800. The number of amides is 1. The summed E-state index contributed by atoms with van der Waals surface area (Å²) in [5.74, 6) is -0.0398. The lowest BCUT2D eigenvalue weighted by molar-refractivity contribution is -0.133. The molecule has 2 aromatic carbocycles. The van der Waals surface area contributed by atoms with Crippen LogP contribution >= 0.6 is 15.9 Å². The molecule has 0 radical (unpaired) electrons. The summed E-state index contributed by atoms with van der Waals surface area (Å²) in [6.45, 7) is 0.401. The minimum absolute atomic E-state index is 0.0398. The molecule has 0 fully saturated rings. The fourth-order valence-electron chi connectivity index (χ4n) is 3.38. The molecule has 1 amide bonds. The molecule has 3 nitrogen and oxygen atoms in total. The van der Waals surface area contributed by atoms with E-state index in [2.05, 4.69) is 15.9 Å². The van der Waals surface area contributed by atoms with Gasteiger partial charge in [-0.05, 0) is 11.6 Å². The van der Waals surface area contributed by atoms with Gasteiger partial charge in [0.05, 0.1) is 12.3 Å². The second-order valence-electron chi connectivity index (χ2n) is 5.50. The van der Waals surface area contributed by atoms with Crippen LogP contribution in [0.15, 0.2) is 59.1 Å². The number of anilines is 1. The average molecular weight is 356 g/mol. The number of rotatable bonds is 1. The summed E-state index contributed by atoms with van der Waals surface area (Å²) in [7, 11) is 1.80. The number of benzene rings is 2. The maximum atomic E-state index is 13.1. The van der Waals surface area contributed by atoms with Gasteiger partial charge >= 0.3 is 0 Å². The van der Waals surface area contributed by atoms with Crippen molar-refractivity contribution < 1.29 is 9.53 Å². The van der Waals surface area contributed by atoms with Crippen molar-refractivity contribution in [1.82, 2.24) is 0 Å². The molecule has 0 aromatic heterocycles. The molecule has 1 atom stereocenters. The minimum Gasteiger partial charge on any atom is -0.350 e. The molecule has 1 spiro atoms. The van der Waals surface area contributed by atoms with E-state index in [0.29, 0.717) is 6.61 Å². The average Bonchev–Trinajstić information content (AvgIpc) is 3.01. The zero-order valence-corrected chi connectivity index (χ0v) is 13.6. The molecule has 4 heteroatoms. The fourth-order valence-corrected chi connectivity index (χ4v) is 4.00. The van der Waals surface area contributed by atoms with Crippen molar-refractivity contribution in [3.8, 4) is 0 Å². The molecule has 0 unspecified atom stereocenters. The van der Waals surface area contributed by atoms with Crippen LogP contribution in [-0.2, 0) is 15.1 Å². The van der Waals surface area contributed by atoms with Crippen molar-refractivity contribution >= 4 is 33.1 Å². The van der Waals surface area contributed by atoms with E-state index in [9.17, 15) is 4.79 Å². The first-order valence-corrected chi connectivity index (χ1v) is 7.91. The van der Waals surface area contributed by atoms with Crippen molar-refractivity contribution in [2.24, 2.45) is 0 Å². The van der Waals surface area contributed by atoms with Crippen LogP contribution in [0.5, 0.6) is 0 Å². The highest BCUT2D eigenvalue weighted by atomic mass is 79.9. The molecule has 0 aliphatic carbocycles. The summed E-state index contributed by atoms with van der Waals surface area (Å²) >= 11 is 3.61. The van der Waals surface area contributed by atoms with Gasteiger partial charge < -0.3 is 9.64 Å². The Morgan fingerprint density at radius 1 is 1.09 bits per heavy atom. The number of ether oxygens (including phenoxy) is 1. The lowest BCUT2D eigenvalue weighted by Crippen LogP contribution is -2.39. The van der Waals surface area contributed by atoms with Crippen LogP contribution in [-0.4, -0.2) is 19.6 Å². The highest BCUT2D eigenvalue weighted by Gasteiger charge is 2.57. The Morgan fingerprint density at radius 2 is 1.77 bits per heavy atom. The zero-order valence-electron chi connectivity index (χ0n) is 12.0. The molecule has 0 bridgehead atoms. The van der Waals surface area contributed by atoms with Crippen LogP contribution in [0, 0.1) is 0 Å². The number of carbonyl (C=O) groups excluding carboxylic acids is 1. The van der Waals surface area contributed by atoms with Gasteiger partial charge in [0, 0.05) is 22.7 Å². The van der Waals surface area contributed by atoms with E-state index in [1.165, 1.54) is 0 Å². The van der Waals surface area contributed by atoms with Gasteiger partial charge in [-0.15, -0.1) is 0 Å². The van der Waals surface area contributed by atoms with Crippen LogP contribution in [0.2, 0.25) is 0 Å². The Kier molecular flexibility index (Phi) is 2.99. The molecular formula is C18H14BrNO2. The summed E-state index contributed by atoms with van der Waals surface area (Å²) in [6, 6.07) is 17.8. The standard InChI is InChI=1S/C18H14BrNO2/c1-20-15-10-6-5-9-13(15)18(17(20)21)16(14(19)11-22-18)12-7-3-2-4-8-12/h2-10H,11H2,1H3/t18-/m1/s1. The van der Waals surface area contributed by atoms with Crippen molar-refractivity contribution in [3.63, 3.8) is 0 Å². The van der Waals surface area contributed by atoms with E-state index in [0.717, 1.165) is 26.9 Å². The highest BCUT2D eigenvalue weighted by molar-refractivity contribution is 9.11. The molecule has 2 aliphatic heterocycles. The second kappa shape index (κ2) is 4.80. The van der Waals surface area contributed by atoms with Crippen molar-refractivity contribution in [1.29, 1.82) is 0 Å². The van der Waals surface area contributed by atoms with Crippen LogP contribution < -0.4 is 4.90 Å². The summed E-state index contributed by atoms with van der Waals surface area (Å²) in [5.41, 5.74) is 2.70. The van der Waals surface area contributed by atoms with Crippen LogP contribution in [0.4, 0.5) is 5.69 Å². The van der Waals surface area contributed by atoms with Gasteiger partial charge in [-0.3, -0.25) is 4.79 Å². The van der Waals surface area contributed by atoms with E-state index in [-0.39, 0.29) is 5.91 Å². The number of hydrogen-bond acceptors (Lipinski definition) is 2. The number of nitrogens with zero attached hydrogens (tertiary/aromatic N) is 1. The number of fused-ring (bicyclic) bond motifs is 2. The number of halogens is 1. The minimum atomic E-state index is -1.04. The number of likely N-dealkylation sites (N-methyl/N-ethyl adjacent to an activating group) is 1. The fraction of sp³-hybridized carbons (Fsp3) is 0.167. The third kappa shape index (κ3) is 1.62. The Morgan fingerprint density at radius 3 is 2.55 bits per heavy atom. The van der Waals surface area contributed by atoms with Gasteiger partial charge in [-0.25, -0.2) is 0 Å². The number of hydrogen-bond donors (Lipinski definition) is 0. The molecule has 0 saturated heterocycles. The molecule has 2 heterocycles. The first-order chi connectivity index (χ1) is 10.7. The molecular weight excluding hydrogens is 342 g/mol. The second-order valence-corrected chi connectivity index (χ2v) is 6.45. The number of carbonyl (C=O) groups is 1. The lowest BCUT2D eigenvalue weighted by atomic mass is 9.84. The van der Waals surface area contributed by atoms with Crippen LogP contribution in [0.25, 0.3) is 5.57 Å². The van der Waals surface area contributed by atoms with Gasteiger partial charge in [0.15, 0.2) is 0 Å². The van der Waals surface area contributed by atoms with E-state index < -0.39 is 5.60 Å². The summed E-state index contributed by atoms with van der Waals surface area (Å²) in [6.07, 6.45) is 0. The van der Waals surface area contributed by atoms with Gasteiger partial charge in [-0.2, -0.15) is 0 Å². The highest BCUT2D eigenvalue weighted by Crippen LogP contribution is 2.54. The molecule has 0 saturated carbocycles. The van der Waals surface area contributed by atoms with Crippen molar-refractivity contribution in [2.45, 2.75) is 5.60 Å². The van der Waals surface area contributed by atoms with E-state index in [4.69, 9.17) is 4.74 Å². The summed E-state index contributed by atoms with van der Waals surface area (Å²) in [4.78, 5) is 14.7. The third-order valence-corrected chi connectivity index (χ3v) is 4.98. The maximum Gasteiger partial charge on any atom is 0.268 e. The van der Waals surface area contributed by atoms with Crippen molar-refractivity contribution in [3.05, 3.63) is 70.2 Å². The molecule has 2 aliphatic rings. The quantitative estimate of drug-likeness (QED) is 0.780. The summed E-state index contributed by atoms with van der Waals surface area (Å²) in [5, 5.41) is 0. The van der Waals surface area contributed by atoms with Gasteiger partial charge in [0.25, 0.3) is 5.91 Å². The number of para-hydroxylation sites is 1. The van der Waals surface area contributed by atoms with Crippen molar-refractivity contribution in [2.75, 3.05) is 18.6 Å². The molecule has 110 valence electrons. The Balaban J connectivity index is 2.01. The van der Waals surface area contributed by atoms with Gasteiger partial charge in [-0.1, -0.05) is 64.5 Å². The van der Waals surface area contributed by atoms with Gasteiger partial charge in [0.1, 0.15) is 0 Å². The Labute approximate surface area is 137 Å². The molecule has 22 heavy (non-hydrogen) atoms. The topological polar surface area (TPSA) is 29.5 Å². The van der Waals surface area contributed by atoms with Crippen LogP contribution in [0.3, 0.4) is 0 Å². The maximum absolute atomic E-state index is 13.1. The predicted octanol–water partition coefficient (Wildman–Crippen LogP) is 3.69.